The molecule has 3 atom stereocenters. The average Bonchev–Trinajstić information content (AvgIpc) is 3.21. The van der Waals surface area contributed by atoms with E-state index < -0.39 is 5.97 Å². The Labute approximate surface area is 168 Å². The zero-order valence-electron chi connectivity index (χ0n) is 15.6. The van der Waals surface area contributed by atoms with Gasteiger partial charge in [-0.05, 0) is 44.9 Å². The number of thioether (sulfide) groups is 1. The Hall–Kier alpha value is -1.44. The third kappa shape index (κ3) is 7.24. The number of carboxylic acids is 1. The van der Waals surface area contributed by atoms with E-state index in [4.69, 9.17) is 5.11 Å². The molecule has 1 heterocycles. The number of aliphatic hydroxyl groups is 1. The number of ketones is 1. The van der Waals surface area contributed by atoms with Crippen molar-refractivity contribution < 1.29 is 19.8 Å². The summed E-state index contributed by atoms with van der Waals surface area (Å²) in [5, 5.41) is 20.4. The molecule has 1 aromatic heterocycles. The SMILES string of the molecule is C=C(C)CCC(O)CC=CC1CCC(=O)C1CCSc1nc(C(=O)O)cs1. The van der Waals surface area contributed by atoms with Crippen molar-refractivity contribution in [2.75, 3.05) is 5.75 Å². The number of nitrogens with zero attached hydrogens (tertiary/aromatic N) is 1. The molecule has 148 valence electrons. The molecule has 2 rings (SSSR count). The lowest BCUT2D eigenvalue weighted by Gasteiger charge is -2.14. The molecule has 0 aliphatic heterocycles. The monoisotopic (exact) mass is 409 g/mol. The summed E-state index contributed by atoms with van der Waals surface area (Å²) in [6, 6.07) is 0. The van der Waals surface area contributed by atoms with Gasteiger partial charge in [0.05, 0.1) is 6.10 Å². The second-order valence-electron chi connectivity index (χ2n) is 7.03. The average molecular weight is 410 g/mol. The Balaban J connectivity index is 1.78. The standard InChI is InChI=1S/C20H27NO4S2/c1-13(2)6-8-15(22)5-3-4-14-7-9-18(23)16(14)10-11-26-20-21-17(12-27-20)19(24)25/h3-4,12,14-16,22H,1,5-11H2,2H3,(H,24,25). The van der Waals surface area contributed by atoms with Gasteiger partial charge in [-0.25, -0.2) is 9.78 Å². The maximum atomic E-state index is 12.2. The van der Waals surface area contributed by atoms with Crippen LogP contribution in [0.25, 0.3) is 0 Å². The number of carbonyl (C=O) groups is 2. The van der Waals surface area contributed by atoms with Crippen molar-refractivity contribution in [3.63, 3.8) is 0 Å². The maximum Gasteiger partial charge on any atom is 0.355 e. The van der Waals surface area contributed by atoms with Gasteiger partial charge in [-0.1, -0.05) is 29.5 Å². The Morgan fingerprint density at radius 1 is 1.56 bits per heavy atom. The summed E-state index contributed by atoms with van der Waals surface area (Å²) in [4.78, 5) is 27.1. The van der Waals surface area contributed by atoms with Gasteiger partial charge in [0.15, 0.2) is 10.0 Å². The Morgan fingerprint density at radius 2 is 2.33 bits per heavy atom. The van der Waals surface area contributed by atoms with E-state index in [1.165, 1.54) is 28.5 Å². The quantitative estimate of drug-likeness (QED) is 0.411. The van der Waals surface area contributed by atoms with Gasteiger partial charge in [-0.15, -0.1) is 17.9 Å². The minimum atomic E-state index is -1.01. The van der Waals surface area contributed by atoms with Crippen LogP contribution < -0.4 is 0 Å². The number of aliphatic hydroxyl groups excluding tert-OH is 1. The van der Waals surface area contributed by atoms with E-state index in [0.717, 1.165) is 41.3 Å². The summed E-state index contributed by atoms with van der Waals surface area (Å²) in [5.74, 6) is 0.282. The lowest BCUT2D eigenvalue weighted by molar-refractivity contribution is -0.121. The van der Waals surface area contributed by atoms with Crippen molar-refractivity contribution in [1.82, 2.24) is 4.98 Å². The zero-order chi connectivity index (χ0) is 19.8. The van der Waals surface area contributed by atoms with E-state index in [9.17, 15) is 14.7 Å². The summed E-state index contributed by atoms with van der Waals surface area (Å²) >= 11 is 2.83. The van der Waals surface area contributed by atoms with Crippen LogP contribution in [-0.4, -0.2) is 38.8 Å². The predicted octanol–water partition coefficient (Wildman–Crippen LogP) is 4.58. The van der Waals surface area contributed by atoms with E-state index in [2.05, 4.69) is 17.6 Å². The molecule has 1 aromatic rings. The Kier molecular flexibility index (Phi) is 8.73. The van der Waals surface area contributed by atoms with Gasteiger partial charge in [0.25, 0.3) is 0 Å². The number of thiazole rings is 1. The van der Waals surface area contributed by atoms with Gasteiger partial charge in [-0.2, -0.15) is 0 Å². The molecule has 0 spiro atoms. The summed E-state index contributed by atoms with van der Waals surface area (Å²) in [7, 11) is 0. The fourth-order valence-electron chi connectivity index (χ4n) is 3.18. The van der Waals surface area contributed by atoms with Gasteiger partial charge in [0.1, 0.15) is 5.78 Å². The highest BCUT2D eigenvalue weighted by atomic mass is 32.2. The van der Waals surface area contributed by atoms with Crippen LogP contribution in [0, 0.1) is 11.8 Å². The largest absolute Gasteiger partial charge is 0.476 e. The minimum absolute atomic E-state index is 0.0141. The molecule has 5 nitrogen and oxygen atoms in total. The van der Waals surface area contributed by atoms with E-state index >= 15 is 0 Å². The number of aromatic nitrogens is 1. The molecular weight excluding hydrogens is 382 g/mol. The third-order valence-electron chi connectivity index (χ3n) is 4.71. The van der Waals surface area contributed by atoms with Crippen LogP contribution in [0.1, 0.15) is 55.9 Å². The second kappa shape index (κ2) is 10.8. The predicted molar refractivity (Wildman–Crippen MR) is 109 cm³/mol. The van der Waals surface area contributed by atoms with Gasteiger partial charge < -0.3 is 10.2 Å². The molecule has 27 heavy (non-hydrogen) atoms. The van der Waals surface area contributed by atoms with E-state index in [-0.39, 0.29) is 23.6 Å². The Bertz CT molecular complexity index is 698. The highest BCUT2D eigenvalue weighted by Gasteiger charge is 2.32. The first-order valence-corrected chi connectivity index (χ1v) is 11.1. The smallest absolute Gasteiger partial charge is 0.355 e. The Morgan fingerprint density at radius 3 is 3.00 bits per heavy atom. The summed E-state index contributed by atoms with van der Waals surface area (Å²) in [6.07, 6.45) is 8.14. The highest BCUT2D eigenvalue weighted by Crippen LogP contribution is 2.34. The van der Waals surface area contributed by atoms with Crippen LogP contribution >= 0.6 is 23.1 Å². The topological polar surface area (TPSA) is 87.5 Å². The first kappa shape index (κ1) is 21.9. The highest BCUT2D eigenvalue weighted by molar-refractivity contribution is 8.01. The number of rotatable bonds is 11. The van der Waals surface area contributed by atoms with Crippen LogP contribution in [-0.2, 0) is 4.79 Å². The molecule has 7 heteroatoms. The second-order valence-corrected chi connectivity index (χ2v) is 9.23. The molecule has 1 saturated carbocycles. The lowest BCUT2D eigenvalue weighted by atomic mass is 9.92. The normalized spacial score (nSPS) is 21.0. The molecule has 2 N–H and O–H groups in total. The van der Waals surface area contributed by atoms with Crippen LogP contribution in [0.2, 0.25) is 0 Å². The van der Waals surface area contributed by atoms with E-state index in [1.807, 2.05) is 13.0 Å². The molecule has 0 bridgehead atoms. The summed E-state index contributed by atoms with van der Waals surface area (Å²) in [5.41, 5.74) is 1.15. The first-order chi connectivity index (χ1) is 12.9. The number of allylic oxidation sites excluding steroid dienone is 2. The number of carboxylic acid groups (broad SMARTS) is 1. The molecule has 1 aliphatic rings. The van der Waals surface area contributed by atoms with E-state index in [0.29, 0.717) is 18.6 Å². The third-order valence-corrected chi connectivity index (χ3v) is 6.76. The molecule has 0 radical (unpaired) electrons. The first-order valence-electron chi connectivity index (χ1n) is 9.20. The summed E-state index contributed by atoms with van der Waals surface area (Å²) in [6.45, 7) is 5.81. The van der Waals surface area contributed by atoms with Crippen LogP contribution in [0.4, 0.5) is 0 Å². The van der Waals surface area contributed by atoms with Crippen molar-refractivity contribution in [3.8, 4) is 0 Å². The van der Waals surface area contributed by atoms with Crippen molar-refractivity contribution in [2.45, 2.75) is 55.9 Å². The van der Waals surface area contributed by atoms with Crippen molar-refractivity contribution in [3.05, 3.63) is 35.4 Å². The van der Waals surface area contributed by atoms with Crippen molar-refractivity contribution in [2.24, 2.45) is 11.8 Å². The molecule has 3 unspecified atom stereocenters. The number of hydrogen-bond donors (Lipinski definition) is 2. The molecule has 0 amide bonds. The fraction of sp³-hybridized carbons (Fsp3) is 0.550. The van der Waals surface area contributed by atoms with Gasteiger partial charge in [-0.3, -0.25) is 4.79 Å². The maximum absolute atomic E-state index is 12.2. The minimum Gasteiger partial charge on any atom is -0.476 e. The summed E-state index contributed by atoms with van der Waals surface area (Å²) < 4.78 is 0.727. The molecular formula is C20H27NO4S2. The van der Waals surface area contributed by atoms with Crippen LogP contribution in [0.3, 0.4) is 0 Å². The van der Waals surface area contributed by atoms with Gasteiger partial charge in [0, 0.05) is 23.5 Å². The fourth-order valence-corrected chi connectivity index (χ4v) is 5.07. The zero-order valence-corrected chi connectivity index (χ0v) is 17.2. The van der Waals surface area contributed by atoms with Crippen molar-refractivity contribution in [1.29, 1.82) is 0 Å². The molecule has 0 saturated heterocycles. The molecule has 1 fully saturated rings. The lowest BCUT2D eigenvalue weighted by Crippen LogP contribution is -2.14. The van der Waals surface area contributed by atoms with E-state index in [1.54, 1.807) is 0 Å². The number of aromatic carboxylic acids is 1. The van der Waals surface area contributed by atoms with Crippen molar-refractivity contribution >= 4 is 34.9 Å². The molecule has 0 aromatic carbocycles. The molecule has 1 aliphatic carbocycles. The number of Topliss-reactive ketones (excluding diaryl/α,β-unsaturated/α-hetero) is 1. The van der Waals surface area contributed by atoms with Gasteiger partial charge in [0.2, 0.25) is 0 Å². The van der Waals surface area contributed by atoms with Gasteiger partial charge >= 0.3 is 5.97 Å². The number of hydrogen-bond acceptors (Lipinski definition) is 6. The number of carbonyl (C=O) groups excluding carboxylic acids is 1. The van der Waals surface area contributed by atoms with Crippen LogP contribution in [0.15, 0.2) is 34.0 Å². The van der Waals surface area contributed by atoms with Crippen LogP contribution in [0.5, 0.6) is 0 Å².